The third kappa shape index (κ3) is 3.33. The molecule has 15 heavy (non-hydrogen) atoms. The summed E-state index contributed by atoms with van der Waals surface area (Å²) in [7, 11) is 0. The smallest absolute Gasteiger partial charge is 0.131 e. The van der Waals surface area contributed by atoms with Crippen molar-refractivity contribution in [3.05, 3.63) is 30.3 Å². The molecule has 0 aromatic heterocycles. The lowest BCUT2D eigenvalue weighted by Gasteiger charge is -2.17. The van der Waals surface area contributed by atoms with E-state index < -0.39 is 0 Å². The molecule has 1 aliphatic heterocycles. The van der Waals surface area contributed by atoms with Crippen LogP contribution in [0, 0.1) is 0 Å². The molecule has 0 aliphatic carbocycles. The van der Waals surface area contributed by atoms with Crippen molar-refractivity contribution in [1.29, 1.82) is 0 Å². The van der Waals surface area contributed by atoms with Crippen LogP contribution < -0.4 is 4.90 Å². The zero-order valence-corrected chi connectivity index (χ0v) is 9.24. The van der Waals surface area contributed by atoms with Gasteiger partial charge in [-0.15, -0.1) is 0 Å². The van der Waals surface area contributed by atoms with Crippen LogP contribution in [-0.4, -0.2) is 26.3 Å². The Morgan fingerprint density at radius 1 is 0.867 bits per heavy atom. The highest BCUT2D eigenvalue weighted by Crippen LogP contribution is 2.01. The van der Waals surface area contributed by atoms with Crippen molar-refractivity contribution in [2.45, 2.75) is 19.3 Å². The van der Waals surface area contributed by atoms with E-state index in [4.69, 9.17) is 4.74 Å². The molecule has 82 valence electrons. The first-order valence-corrected chi connectivity index (χ1v) is 5.95. The third-order valence-electron chi connectivity index (χ3n) is 3.00. The van der Waals surface area contributed by atoms with Crippen molar-refractivity contribution in [2.24, 2.45) is 0 Å². The van der Waals surface area contributed by atoms with E-state index in [1.807, 2.05) is 0 Å². The van der Waals surface area contributed by atoms with E-state index in [-0.39, 0.29) is 0 Å². The van der Waals surface area contributed by atoms with Crippen molar-refractivity contribution in [1.82, 2.24) is 0 Å². The largest absolute Gasteiger partial charge is 0.376 e. The lowest BCUT2D eigenvalue weighted by atomic mass is 10.2. The summed E-state index contributed by atoms with van der Waals surface area (Å²) >= 11 is 0. The number of benzene rings is 1. The fraction of sp³-hybridized carbons (Fsp3) is 0.538. The average Bonchev–Trinajstić information content (AvgIpc) is 2.43. The minimum absolute atomic E-state index is 0.893. The Hall–Kier alpha value is -0.860. The zero-order valence-electron chi connectivity index (χ0n) is 9.24. The van der Waals surface area contributed by atoms with Gasteiger partial charge in [0.15, 0.2) is 0 Å². The summed E-state index contributed by atoms with van der Waals surface area (Å²) < 4.78 is 5.59. The van der Waals surface area contributed by atoms with Gasteiger partial charge in [-0.1, -0.05) is 18.2 Å². The molecule has 2 nitrogen and oxygen atoms in total. The molecule has 0 radical (unpaired) electrons. The standard InChI is InChI=1S/C13H19NO/c1-3-7-13(8-4-1)14-9-5-2-6-11-15-12-10-14/h1,3-4,7-8H,2,5-6,9-12H2/p+1. The minimum Gasteiger partial charge on any atom is -0.376 e. The summed E-state index contributed by atoms with van der Waals surface area (Å²) in [6.07, 6.45) is 3.84. The second kappa shape index (κ2) is 5.89. The molecule has 1 fully saturated rings. The summed E-state index contributed by atoms with van der Waals surface area (Å²) in [5, 5.41) is 0. The number of hydrogen-bond donors (Lipinski definition) is 1. The number of nitrogens with one attached hydrogen (secondary N) is 1. The van der Waals surface area contributed by atoms with Crippen LogP contribution in [0.15, 0.2) is 30.3 Å². The molecule has 2 heteroatoms. The Labute approximate surface area is 91.9 Å². The normalized spacial score (nSPS) is 23.9. The molecule has 0 amide bonds. The van der Waals surface area contributed by atoms with E-state index in [0.29, 0.717) is 0 Å². The molecule has 0 spiro atoms. The molecule has 0 saturated carbocycles. The summed E-state index contributed by atoms with van der Waals surface area (Å²) in [5.41, 5.74) is 1.41. The molecule has 1 aromatic carbocycles. The van der Waals surface area contributed by atoms with Gasteiger partial charge in [-0.25, -0.2) is 0 Å². The van der Waals surface area contributed by atoms with E-state index in [0.717, 1.165) is 19.8 Å². The molecule has 1 unspecified atom stereocenters. The summed E-state index contributed by atoms with van der Waals surface area (Å²) in [4.78, 5) is 1.57. The van der Waals surface area contributed by atoms with Crippen LogP contribution in [0.1, 0.15) is 19.3 Å². The molecule has 0 bridgehead atoms. The van der Waals surface area contributed by atoms with Crippen LogP contribution >= 0.6 is 0 Å². The molecule has 1 heterocycles. The second-order valence-corrected chi connectivity index (χ2v) is 4.14. The van der Waals surface area contributed by atoms with E-state index in [1.165, 1.54) is 31.5 Å². The van der Waals surface area contributed by atoms with Gasteiger partial charge in [0.05, 0.1) is 13.2 Å². The van der Waals surface area contributed by atoms with Crippen LogP contribution in [0.4, 0.5) is 5.69 Å². The van der Waals surface area contributed by atoms with Crippen LogP contribution in [-0.2, 0) is 4.74 Å². The first-order chi connectivity index (χ1) is 7.47. The first kappa shape index (κ1) is 10.7. The maximum atomic E-state index is 5.59. The van der Waals surface area contributed by atoms with E-state index in [9.17, 15) is 0 Å². The predicted octanol–water partition coefficient (Wildman–Crippen LogP) is 1.40. The van der Waals surface area contributed by atoms with Gasteiger partial charge in [0, 0.05) is 6.61 Å². The predicted molar refractivity (Wildman–Crippen MR) is 61.5 cm³/mol. The molecule has 2 rings (SSSR count). The topological polar surface area (TPSA) is 13.7 Å². The molecular weight excluding hydrogens is 186 g/mol. The van der Waals surface area contributed by atoms with Crippen LogP contribution in [0.25, 0.3) is 0 Å². The van der Waals surface area contributed by atoms with Crippen LogP contribution in [0.2, 0.25) is 0 Å². The first-order valence-electron chi connectivity index (χ1n) is 5.95. The molecule has 1 aromatic rings. The van der Waals surface area contributed by atoms with Crippen molar-refractivity contribution in [2.75, 3.05) is 26.3 Å². The maximum absolute atomic E-state index is 5.59. The highest BCUT2D eigenvalue weighted by molar-refractivity contribution is 5.27. The maximum Gasteiger partial charge on any atom is 0.131 e. The van der Waals surface area contributed by atoms with Gasteiger partial charge >= 0.3 is 0 Å². The zero-order chi connectivity index (χ0) is 10.3. The van der Waals surface area contributed by atoms with Crippen molar-refractivity contribution >= 4 is 5.69 Å². The number of para-hydroxylation sites is 1. The SMILES string of the molecule is c1ccc([NH+]2CCCCCOCC2)cc1. The molecule has 1 N–H and O–H groups in total. The number of quaternary nitrogens is 1. The molecule has 1 aliphatic rings. The molecule has 1 saturated heterocycles. The Kier molecular flexibility index (Phi) is 4.18. The Balaban J connectivity index is 1.99. The average molecular weight is 206 g/mol. The Bertz CT molecular complexity index is 263. The van der Waals surface area contributed by atoms with Crippen molar-refractivity contribution in [3.63, 3.8) is 0 Å². The lowest BCUT2D eigenvalue weighted by Crippen LogP contribution is -3.07. The van der Waals surface area contributed by atoms with Gasteiger partial charge in [0.25, 0.3) is 0 Å². The van der Waals surface area contributed by atoms with E-state index in [1.54, 1.807) is 4.90 Å². The van der Waals surface area contributed by atoms with E-state index in [2.05, 4.69) is 30.3 Å². The Morgan fingerprint density at radius 2 is 1.73 bits per heavy atom. The number of hydrogen-bond acceptors (Lipinski definition) is 1. The number of ether oxygens (including phenoxy) is 1. The summed E-state index contributed by atoms with van der Waals surface area (Å²) in [6.45, 7) is 4.18. The fourth-order valence-electron chi connectivity index (χ4n) is 2.10. The van der Waals surface area contributed by atoms with Gasteiger partial charge < -0.3 is 9.64 Å². The number of rotatable bonds is 1. The monoisotopic (exact) mass is 206 g/mol. The van der Waals surface area contributed by atoms with Gasteiger partial charge in [0.1, 0.15) is 12.2 Å². The molecule has 1 atom stereocenters. The molecular formula is C13H20NO+. The van der Waals surface area contributed by atoms with Crippen LogP contribution in [0.3, 0.4) is 0 Å². The Morgan fingerprint density at radius 3 is 2.60 bits per heavy atom. The lowest BCUT2D eigenvalue weighted by molar-refractivity contribution is -0.833. The van der Waals surface area contributed by atoms with E-state index >= 15 is 0 Å². The van der Waals surface area contributed by atoms with Crippen molar-refractivity contribution < 1.29 is 9.64 Å². The highest BCUT2D eigenvalue weighted by atomic mass is 16.5. The minimum atomic E-state index is 0.893. The van der Waals surface area contributed by atoms with Gasteiger partial charge in [-0.05, 0) is 31.4 Å². The van der Waals surface area contributed by atoms with Gasteiger partial charge in [-0.2, -0.15) is 0 Å². The fourth-order valence-corrected chi connectivity index (χ4v) is 2.10. The highest BCUT2D eigenvalue weighted by Gasteiger charge is 2.12. The van der Waals surface area contributed by atoms with Gasteiger partial charge in [-0.3, -0.25) is 0 Å². The summed E-state index contributed by atoms with van der Waals surface area (Å²) in [6, 6.07) is 10.8. The van der Waals surface area contributed by atoms with Gasteiger partial charge in [0.2, 0.25) is 0 Å². The second-order valence-electron chi connectivity index (χ2n) is 4.14. The summed E-state index contributed by atoms with van der Waals surface area (Å²) in [5.74, 6) is 0. The third-order valence-corrected chi connectivity index (χ3v) is 3.00. The quantitative estimate of drug-likeness (QED) is 0.733. The van der Waals surface area contributed by atoms with Crippen molar-refractivity contribution in [3.8, 4) is 0 Å². The van der Waals surface area contributed by atoms with Crippen LogP contribution in [0.5, 0.6) is 0 Å².